The number of amides is 2. The molecule has 1 aliphatic heterocycles. The van der Waals surface area contributed by atoms with Gasteiger partial charge in [0.25, 0.3) is 5.91 Å². The Hall–Kier alpha value is -3.44. The maximum atomic E-state index is 12.8. The number of pyridine rings is 1. The summed E-state index contributed by atoms with van der Waals surface area (Å²) in [6.45, 7) is -1.03. The van der Waals surface area contributed by atoms with E-state index in [2.05, 4.69) is 19.7 Å². The van der Waals surface area contributed by atoms with Gasteiger partial charge in [0.05, 0.1) is 24.3 Å². The van der Waals surface area contributed by atoms with Crippen LogP contribution in [-0.4, -0.2) is 71.2 Å². The smallest absolute Gasteiger partial charge is 0.422 e. The first-order chi connectivity index (χ1) is 16.1. The Morgan fingerprint density at radius 3 is 2.44 bits per heavy atom. The molecule has 2 aromatic heterocycles. The van der Waals surface area contributed by atoms with Crippen molar-refractivity contribution in [2.45, 2.75) is 37.5 Å². The van der Waals surface area contributed by atoms with E-state index in [-0.39, 0.29) is 35.3 Å². The molecule has 2 aliphatic rings. The van der Waals surface area contributed by atoms with Gasteiger partial charge in [-0.05, 0) is 18.9 Å². The summed E-state index contributed by atoms with van der Waals surface area (Å²) in [5.74, 6) is 0.687. The summed E-state index contributed by atoms with van der Waals surface area (Å²) >= 11 is 0. The molecule has 2 fully saturated rings. The summed E-state index contributed by atoms with van der Waals surface area (Å²) in [7, 11) is 3.48. The number of ether oxygens (including phenoxy) is 2. The van der Waals surface area contributed by atoms with Crippen molar-refractivity contribution in [2.24, 2.45) is 5.92 Å². The third kappa shape index (κ3) is 5.37. The lowest BCUT2D eigenvalue weighted by Gasteiger charge is -2.34. The second-order valence-corrected chi connectivity index (χ2v) is 8.52. The zero-order valence-corrected chi connectivity index (χ0v) is 18.7. The monoisotopic (exact) mass is 479 g/mol. The molecule has 0 unspecified atom stereocenters. The van der Waals surface area contributed by atoms with Gasteiger partial charge in [-0.25, -0.2) is 15.0 Å². The third-order valence-electron chi connectivity index (χ3n) is 5.79. The van der Waals surface area contributed by atoms with Gasteiger partial charge in [0.1, 0.15) is 11.6 Å². The SMILES string of the molecule is CN(C)C(=O)C1CC(c2ncc(N3CC[C@@H](Oc4ccc(OCC(F)(F)F)nc4)C3=O)cn2)C1. The van der Waals surface area contributed by atoms with Crippen LogP contribution in [0.2, 0.25) is 0 Å². The molecular weight excluding hydrogens is 455 g/mol. The molecule has 0 bridgehead atoms. The minimum atomic E-state index is -4.45. The molecular formula is C22H24F3N5O4. The molecule has 2 amide bonds. The largest absolute Gasteiger partial charge is 0.479 e. The van der Waals surface area contributed by atoms with E-state index in [9.17, 15) is 22.8 Å². The standard InChI is InChI=1S/C22H24F3N5O4/c1-29(2)20(31)14-7-13(8-14)19-27-9-15(10-28-19)30-6-5-17(21(30)32)34-16-3-4-18(26-11-16)33-12-22(23,24)25/h3-4,9-11,13-14,17H,5-8,12H2,1-2H3/t13?,14?,17-/m1/s1. The van der Waals surface area contributed by atoms with Crippen LogP contribution in [0.25, 0.3) is 0 Å². The Bertz CT molecular complexity index is 1020. The molecule has 1 saturated carbocycles. The maximum Gasteiger partial charge on any atom is 0.422 e. The first kappa shape index (κ1) is 23.7. The lowest BCUT2D eigenvalue weighted by atomic mass is 9.73. The van der Waals surface area contributed by atoms with Crippen LogP contribution in [0.3, 0.4) is 0 Å². The van der Waals surface area contributed by atoms with Gasteiger partial charge in [0.15, 0.2) is 12.7 Å². The Morgan fingerprint density at radius 1 is 1.15 bits per heavy atom. The maximum absolute atomic E-state index is 12.8. The Morgan fingerprint density at radius 2 is 1.85 bits per heavy atom. The fourth-order valence-electron chi connectivity index (χ4n) is 3.94. The Balaban J connectivity index is 1.30. The summed E-state index contributed by atoms with van der Waals surface area (Å²) in [6, 6.07) is 2.65. The average molecular weight is 479 g/mol. The normalized spacial score (nSPS) is 22.3. The predicted molar refractivity (Wildman–Crippen MR) is 113 cm³/mol. The highest BCUT2D eigenvalue weighted by Crippen LogP contribution is 2.41. The van der Waals surface area contributed by atoms with E-state index in [1.165, 1.54) is 23.2 Å². The highest BCUT2D eigenvalue weighted by atomic mass is 19.4. The van der Waals surface area contributed by atoms with E-state index in [1.54, 1.807) is 31.4 Å². The van der Waals surface area contributed by atoms with Gasteiger partial charge in [-0.3, -0.25) is 9.59 Å². The van der Waals surface area contributed by atoms with E-state index in [4.69, 9.17) is 4.74 Å². The zero-order valence-electron chi connectivity index (χ0n) is 18.7. The summed E-state index contributed by atoms with van der Waals surface area (Å²) in [6.07, 6.45) is 1.04. The van der Waals surface area contributed by atoms with Gasteiger partial charge < -0.3 is 19.3 Å². The predicted octanol–water partition coefficient (Wildman–Crippen LogP) is 2.58. The van der Waals surface area contributed by atoms with E-state index in [0.29, 0.717) is 37.3 Å². The minimum absolute atomic E-state index is 0.00102. The number of carbonyl (C=O) groups is 2. The van der Waals surface area contributed by atoms with Crippen LogP contribution in [-0.2, 0) is 9.59 Å². The number of hydrogen-bond acceptors (Lipinski definition) is 7. The number of rotatable bonds is 7. The van der Waals surface area contributed by atoms with Gasteiger partial charge in [0.2, 0.25) is 11.8 Å². The van der Waals surface area contributed by atoms with Crippen molar-refractivity contribution in [2.75, 3.05) is 32.1 Å². The van der Waals surface area contributed by atoms with E-state index in [1.807, 2.05) is 0 Å². The fourth-order valence-corrected chi connectivity index (χ4v) is 3.94. The zero-order chi connectivity index (χ0) is 24.5. The molecule has 1 aliphatic carbocycles. The second-order valence-electron chi connectivity index (χ2n) is 8.52. The van der Waals surface area contributed by atoms with E-state index < -0.39 is 18.9 Å². The highest BCUT2D eigenvalue weighted by molar-refractivity contribution is 5.98. The van der Waals surface area contributed by atoms with Crippen molar-refractivity contribution < 1.29 is 32.2 Å². The summed E-state index contributed by atoms with van der Waals surface area (Å²) in [5, 5.41) is 0. The number of carbonyl (C=O) groups excluding carboxylic acids is 2. The van der Waals surface area contributed by atoms with Gasteiger partial charge in [0, 0.05) is 45.0 Å². The Labute approximate surface area is 193 Å². The van der Waals surface area contributed by atoms with E-state index >= 15 is 0 Å². The van der Waals surface area contributed by atoms with Crippen molar-refractivity contribution >= 4 is 17.5 Å². The molecule has 0 radical (unpaired) electrons. The molecule has 1 atom stereocenters. The topological polar surface area (TPSA) is 97.8 Å². The number of anilines is 1. The molecule has 0 spiro atoms. The second kappa shape index (κ2) is 9.43. The fraction of sp³-hybridized carbons (Fsp3) is 0.500. The van der Waals surface area contributed by atoms with Crippen molar-refractivity contribution in [1.29, 1.82) is 0 Å². The lowest BCUT2D eigenvalue weighted by molar-refractivity contribution is -0.154. The van der Waals surface area contributed by atoms with Crippen molar-refractivity contribution in [3.05, 3.63) is 36.5 Å². The molecule has 0 N–H and O–H groups in total. The summed E-state index contributed by atoms with van der Waals surface area (Å²) < 4.78 is 46.9. The number of nitrogens with zero attached hydrogens (tertiary/aromatic N) is 5. The van der Waals surface area contributed by atoms with Crippen LogP contribution >= 0.6 is 0 Å². The molecule has 3 heterocycles. The van der Waals surface area contributed by atoms with Crippen LogP contribution in [0.1, 0.15) is 31.0 Å². The van der Waals surface area contributed by atoms with Crippen LogP contribution in [0.15, 0.2) is 30.7 Å². The number of alkyl halides is 3. The molecule has 4 rings (SSSR count). The quantitative estimate of drug-likeness (QED) is 0.602. The van der Waals surface area contributed by atoms with Gasteiger partial charge in [-0.1, -0.05) is 0 Å². The highest BCUT2D eigenvalue weighted by Gasteiger charge is 2.38. The molecule has 12 heteroatoms. The van der Waals surface area contributed by atoms with Crippen LogP contribution in [0.5, 0.6) is 11.6 Å². The third-order valence-corrected chi connectivity index (χ3v) is 5.79. The number of aromatic nitrogens is 3. The van der Waals surface area contributed by atoms with E-state index in [0.717, 1.165) is 0 Å². The van der Waals surface area contributed by atoms with Crippen molar-refractivity contribution in [3.8, 4) is 11.6 Å². The van der Waals surface area contributed by atoms with Crippen LogP contribution in [0, 0.1) is 5.92 Å². The lowest BCUT2D eigenvalue weighted by Crippen LogP contribution is -2.37. The molecule has 182 valence electrons. The molecule has 9 nitrogen and oxygen atoms in total. The molecule has 0 aromatic carbocycles. The van der Waals surface area contributed by atoms with Gasteiger partial charge in [-0.15, -0.1) is 0 Å². The molecule has 1 saturated heterocycles. The van der Waals surface area contributed by atoms with Gasteiger partial charge >= 0.3 is 6.18 Å². The number of hydrogen-bond donors (Lipinski definition) is 0. The number of halogens is 3. The molecule has 34 heavy (non-hydrogen) atoms. The first-order valence-electron chi connectivity index (χ1n) is 10.8. The van der Waals surface area contributed by atoms with Gasteiger partial charge in [-0.2, -0.15) is 13.2 Å². The summed E-state index contributed by atoms with van der Waals surface area (Å²) in [5.41, 5.74) is 0.550. The van der Waals surface area contributed by atoms with Crippen LogP contribution in [0.4, 0.5) is 18.9 Å². The average Bonchev–Trinajstić information content (AvgIpc) is 3.12. The Kier molecular flexibility index (Phi) is 6.58. The first-order valence-corrected chi connectivity index (χ1v) is 10.8. The van der Waals surface area contributed by atoms with Crippen LogP contribution < -0.4 is 14.4 Å². The summed E-state index contributed by atoms with van der Waals surface area (Å²) in [4.78, 5) is 40.5. The minimum Gasteiger partial charge on any atom is -0.479 e. The molecule has 2 aromatic rings. The van der Waals surface area contributed by atoms with Crippen molar-refractivity contribution in [3.63, 3.8) is 0 Å². The van der Waals surface area contributed by atoms with Crippen molar-refractivity contribution in [1.82, 2.24) is 19.9 Å².